The highest BCUT2D eigenvalue weighted by atomic mass is 16.7. The van der Waals surface area contributed by atoms with Crippen molar-refractivity contribution in [3.8, 4) is 23.0 Å². The second-order valence-electron chi connectivity index (χ2n) is 18.4. The molecule has 0 unspecified atom stereocenters. The minimum Gasteiger partial charge on any atom is -0.493 e. The fourth-order valence-electron chi connectivity index (χ4n) is 9.66. The predicted molar refractivity (Wildman–Crippen MR) is 276 cm³/mol. The number of nitrogens with zero attached hydrogens (tertiary/aromatic N) is 6. The lowest BCUT2D eigenvalue weighted by Gasteiger charge is -2.23. The summed E-state index contributed by atoms with van der Waals surface area (Å²) >= 11 is 0. The number of para-hydroxylation sites is 2. The number of anilines is 3. The van der Waals surface area contributed by atoms with Crippen LogP contribution in [0.4, 0.5) is 28.4 Å². The van der Waals surface area contributed by atoms with E-state index in [0.717, 1.165) is 39.3 Å². The number of hydroxylamine groups is 2. The second kappa shape index (κ2) is 22.6. The summed E-state index contributed by atoms with van der Waals surface area (Å²) in [6, 6.07) is 28.3. The van der Waals surface area contributed by atoms with Crippen LogP contribution in [0.3, 0.4) is 0 Å². The third-order valence-electron chi connectivity index (χ3n) is 13.5. The van der Waals surface area contributed by atoms with Gasteiger partial charge in [0.25, 0.3) is 23.6 Å². The average molecular weight is 1020 g/mol. The molecule has 1 saturated heterocycles. The van der Waals surface area contributed by atoms with Gasteiger partial charge in [-0.3, -0.25) is 39.0 Å². The topological polar surface area (TPSA) is 197 Å². The van der Waals surface area contributed by atoms with Gasteiger partial charge in [-0.1, -0.05) is 36.4 Å². The largest absolute Gasteiger partial charge is 0.493 e. The van der Waals surface area contributed by atoms with Crippen molar-refractivity contribution in [3.63, 3.8) is 0 Å². The first-order valence-electron chi connectivity index (χ1n) is 24.8. The van der Waals surface area contributed by atoms with Crippen molar-refractivity contribution < 1.29 is 62.0 Å². The Morgan fingerprint density at radius 1 is 0.600 bits per heavy atom. The Morgan fingerprint density at radius 2 is 1.08 bits per heavy atom. The van der Waals surface area contributed by atoms with E-state index in [0.29, 0.717) is 89.8 Å². The van der Waals surface area contributed by atoms with Gasteiger partial charge in [-0.25, -0.2) is 4.79 Å². The fourth-order valence-corrected chi connectivity index (χ4v) is 9.66. The van der Waals surface area contributed by atoms with E-state index in [9.17, 15) is 24.0 Å². The van der Waals surface area contributed by atoms with Crippen LogP contribution in [0.2, 0.25) is 0 Å². The SMILES string of the molecule is COc1cc2c(cc1OCc1cc(COc3cc4c(cc3OC)C(=O)N3c5ccccc5C[C@H]3C=N4)cc(N(C)CCOCCOCCOCCC(=O)ON3C(=O)CCC3=O)c1)N=C[C@@H]1Cc3ccccc3N1C2=O. The number of fused-ring (bicyclic) bond motifs is 8. The summed E-state index contributed by atoms with van der Waals surface area (Å²) in [4.78, 5) is 83.5. The Labute approximate surface area is 433 Å². The third kappa shape index (κ3) is 10.9. The van der Waals surface area contributed by atoms with Crippen molar-refractivity contribution in [1.29, 1.82) is 0 Å². The van der Waals surface area contributed by atoms with Crippen LogP contribution in [0.5, 0.6) is 23.0 Å². The van der Waals surface area contributed by atoms with E-state index in [2.05, 4.69) is 4.90 Å². The number of hydrogen-bond donors (Lipinski definition) is 0. The van der Waals surface area contributed by atoms with Crippen molar-refractivity contribution in [2.24, 2.45) is 9.98 Å². The maximum Gasteiger partial charge on any atom is 0.335 e. The van der Waals surface area contributed by atoms with E-state index < -0.39 is 17.8 Å². The molecule has 5 heterocycles. The van der Waals surface area contributed by atoms with E-state index in [1.54, 1.807) is 48.3 Å². The lowest BCUT2D eigenvalue weighted by atomic mass is 10.1. The van der Waals surface area contributed by atoms with Gasteiger partial charge in [0, 0.05) is 80.9 Å². The van der Waals surface area contributed by atoms with Gasteiger partial charge in [0.2, 0.25) is 0 Å². The number of benzene rings is 5. The minimum absolute atomic E-state index is 0.0306. The molecule has 5 aromatic carbocycles. The van der Waals surface area contributed by atoms with Crippen molar-refractivity contribution in [3.05, 3.63) is 124 Å². The second-order valence-corrected chi connectivity index (χ2v) is 18.4. The number of ether oxygens (including phenoxy) is 7. The summed E-state index contributed by atoms with van der Waals surface area (Å²) in [6.45, 7) is 2.38. The molecular formula is C56H56N6O13. The quantitative estimate of drug-likeness (QED) is 0.0512. The number of hydrogen-bond acceptors (Lipinski definition) is 16. The maximum atomic E-state index is 14.1. The Kier molecular flexibility index (Phi) is 15.2. The first-order valence-corrected chi connectivity index (χ1v) is 24.8. The fraction of sp³-hybridized carbons (Fsp3) is 0.339. The minimum atomic E-state index is -0.726. The summed E-state index contributed by atoms with van der Waals surface area (Å²) in [6.07, 6.45) is 4.94. The molecule has 19 nitrogen and oxygen atoms in total. The van der Waals surface area contributed by atoms with Gasteiger partial charge < -0.3 is 42.9 Å². The van der Waals surface area contributed by atoms with Gasteiger partial charge in [0.05, 0.1) is 94.9 Å². The highest BCUT2D eigenvalue weighted by Crippen LogP contribution is 2.43. The average Bonchev–Trinajstić information content (AvgIpc) is 4.05. The van der Waals surface area contributed by atoms with Gasteiger partial charge >= 0.3 is 5.97 Å². The maximum absolute atomic E-state index is 14.1. The summed E-state index contributed by atoms with van der Waals surface area (Å²) < 4.78 is 41.6. The molecule has 5 aliphatic rings. The molecule has 0 bridgehead atoms. The molecule has 0 spiro atoms. The molecule has 19 heteroatoms. The summed E-state index contributed by atoms with van der Waals surface area (Å²) in [5.41, 5.74) is 8.26. The smallest absolute Gasteiger partial charge is 0.335 e. The molecule has 0 radical (unpaired) electrons. The van der Waals surface area contributed by atoms with Crippen LogP contribution in [0.25, 0.3) is 0 Å². The van der Waals surface area contributed by atoms with E-state index in [1.807, 2.05) is 86.2 Å². The molecule has 5 aromatic rings. The molecule has 5 aliphatic heterocycles. The van der Waals surface area contributed by atoms with Crippen molar-refractivity contribution in [1.82, 2.24) is 5.06 Å². The van der Waals surface area contributed by atoms with Gasteiger partial charge in [-0.2, -0.15) is 0 Å². The Balaban J connectivity index is 0.792. The molecule has 2 atom stereocenters. The third-order valence-corrected chi connectivity index (χ3v) is 13.5. The number of rotatable bonds is 22. The Bertz CT molecular complexity index is 2910. The highest BCUT2D eigenvalue weighted by Gasteiger charge is 2.38. The lowest BCUT2D eigenvalue weighted by Crippen LogP contribution is -2.37. The summed E-state index contributed by atoms with van der Waals surface area (Å²) in [7, 11) is 5.04. The summed E-state index contributed by atoms with van der Waals surface area (Å²) in [5.74, 6) is -0.478. The zero-order chi connectivity index (χ0) is 52.0. The predicted octanol–water partition coefficient (Wildman–Crippen LogP) is 6.92. The number of aliphatic imine (C=N–C) groups is 2. The van der Waals surface area contributed by atoms with Crippen LogP contribution < -0.4 is 33.6 Å². The number of imide groups is 1. The number of likely N-dealkylation sites (N-methyl/N-ethyl adjacent to an activating group) is 1. The number of methoxy groups -OCH3 is 2. The monoisotopic (exact) mass is 1020 g/mol. The molecule has 10 rings (SSSR count). The van der Waals surface area contributed by atoms with E-state index in [4.69, 9.17) is 48.0 Å². The standard InChI is InChI=1S/C56H56N6O13/c1-59(15-17-71-19-21-72-20-18-70-16-14-54(65)75-62-52(63)12-13-53(62)64)39-23-35(33-73-50-29-44-42(27-48(50)68-2)55(66)60-40(31-57-44)25-37-8-4-6-10-46(37)60)22-36(24-39)34-74-51-30-45-43(28-49(51)69-3)56(67)61-41(32-58-45)26-38-9-5-7-11-47(38)61/h4-11,22-24,27-32,40-41H,12-21,25-26,33-34H2,1-3H3/t40-,41-/m0/s1. The van der Waals surface area contributed by atoms with E-state index in [-0.39, 0.29) is 76.2 Å². The molecule has 75 heavy (non-hydrogen) atoms. The van der Waals surface area contributed by atoms with Crippen LogP contribution in [0.1, 0.15) is 62.2 Å². The van der Waals surface area contributed by atoms with Crippen LogP contribution in [0.15, 0.2) is 101 Å². The number of carbonyl (C=O) groups is 5. The lowest BCUT2D eigenvalue weighted by molar-refractivity contribution is -0.198. The van der Waals surface area contributed by atoms with Crippen LogP contribution >= 0.6 is 0 Å². The zero-order valence-corrected chi connectivity index (χ0v) is 41.9. The highest BCUT2D eigenvalue weighted by molar-refractivity contribution is 6.16. The Morgan fingerprint density at radius 3 is 1.59 bits per heavy atom. The van der Waals surface area contributed by atoms with Crippen LogP contribution in [-0.4, -0.2) is 127 Å². The molecule has 0 aromatic heterocycles. The Hall–Kier alpha value is -8.13. The number of carbonyl (C=O) groups excluding carboxylic acids is 5. The normalized spacial score (nSPS) is 16.9. The molecule has 4 amide bonds. The molecule has 0 N–H and O–H groups in total. The van der Waals surface area contributed by atoms with Gasteiger partial charge in [0.1, 0.15) is 13.2 Å². The van der Waals surface area contributed by atoms with Crippen LogP contribution in [0, 0.1) is 0 Å². The zero-order valence-electron chi connectivity index (χ0n) is 41.9. The molecule has 0 saturated carbocycles. The van der Waals surface area contributed by atoms with E-state index >= 15 is 0 Å². The van der Waals surface area contributed by atoms with Gasteiger partial charge in [0.15, 0.2) is 23.0 Å². The first kappa shape index (κ1) is 50.4. The van der Waals surface area contributed by atoms with Crippen molar-refractivity contribution in [2.45, 2.75) is 57.4 Å². The molecule has 1 fully saturated rings. The van der Waals surface area contributed by atoms with Crippen molar-refractivity contribution in [2.75, 3.05) is 82.2 Å². The van der Waals surface area contributed by atoms with E-state index in [1.165, 1.54) is 0 Å². The first-order chi connectivity index (χ1) is 36.6. The van der Waals surface area contributed by atoms with Crippen LogP contribution in [-0.2, 0) is 59.5 Å². The number of amides is 4. The molecular weight excluding hydrogens is 965 g/mol. The molecule has 388 valence electrons. The summed E-state index contributed by atoms with van der Waals surface area (Å²) in [5, 5.41) is 0.516. The molecule has 0 aliphatic carbocycles. The van der Waals surface area contributed by atoms with Crippen molar-refractivity contribution >= 4 is 70.5 Å². The van der Waals surface area contributed by atoms with Gasteiger partial charge in [-0.05, 0) is 64.7 Å². The van der Waals surface area contributed by atoms with Gasteiger partial charge in [-0.15, -0.1) is 5.06 Å².